The molecule has 0 heterocycles. The van der Waals surface area contributed by atoms with Gasteiger partial charge in [-0.3, -0.25) is 0 Å². The molecule has 112 valence electrons. The van der Waals surface area contributed by atoms with Gasteiger partial charge in [0.1, 0.15) is 11.6 Å². The van der Waals surface area contributed by atoms with Gasteiger partial charge in [-0.2, -0.15) is 0 Å². The monoisotopic (exact) mass is 291 g/mol. The van der Waals surface area contributed by atoms with Gasteiger partial charge in [0.15, 0.2) is 0 Å². The number of hydrogen-bond acceptors (Lipinski definition) is 2. The molecule has 2 nitrogen and oxygen atoms in total. The van der Waals surface area contributed by atoms with Crippen LogP contribution in [0.15, 0.2) is 48.5 Å². The maximum absolute atomic E-state index is 14.1. The Morgan fingerprint density at radius 2 is 1.43 bits per heavy atom. The minimum atomic E-state index is -0.589. The summed E-state index contributed by atoms with van der Waals surface area (Å²) in [7, 11) is 0. The van der Waals surface area contributed by atoms with E-state index in [0.717, 1.165) is 0 Å². The predicted molar refractivity (Wildman–Crippen MR) is 78.9 cm³/mol. The first-order chi connectivity index (χ1) is 10.1. The molecule has 0 aliphatic rings. The Kier molecular flexibility index (Phi) is 5.42. The second-order valence-electron chi connectivity index (χ2n) is 5.06. The van der Waals surface area contributed by atoms with Gasteiger partial charge >= 0.3 is 0 Å². The highest BCUT2D eigenvalue weighted by atomic mass is 19.1. The maximum atomic E-state index is 14.1. The first-order valence-electron chi connectivity index (χ1n) is 6.99. The summed E-state index contributed by atoms with van der Waals surface area (Å²) < 4.78 is 28.2. The third-order valence-electron chi connectivity index (χ3n) is 3.45. The molecule has 0 saturated carbocycles. The van der Waals surface area contributed by atoms with Crippen molar-refractivity contribution < 1.29 is 13.9 Å². The lowest BCUT2D eigenvalue weighted by molar-refractivity contribution is 0.265. The van der Waals surface area contributed by atoms with Gasteiger partial charge in [-0.25, -0.2) is 8.78 Å². The molecule has 2 N–H and O–H groups in total. The summed E-state index contributed by atoms with van der Waals surface area (Å²) in [6.45, 7) is 1.90. The largest absolute Gasteiger partial charge is 0.396 e. The summed E-state index contributed by atoms with van der Waals surface area (Å²) in [6.07, 6.45) is 0.513. The Hall–Kier alpha value is -1.78. The van der Waals surface area contributed by atoms with Gasteiger partial charge < -0.3 is 10.4 Å². The molecule has 1 atom stereocenters. The summed E-state index contributed by atoms with van der Waals surface area (Å²) in [5.74, 6) is -0.760. The molecule has 2 aromatic carbocycles. The molecule has 0 amide bonds. The van der Waals surface area contributed by atoms with Crippen LogP contribution in [0.4, 0.5) is 8.78 Å². The second kappa shape index (κ2) is 7.29. The zero-order valence-corrected chi connectivity index (χ0v) is 11.9. The van der Waals surface area contributed by atoms with E-state index >= 15 is 0 Å². The molecule has 4 heteroatoms. The fraction of sp³-hybridized carbons (Fsp3) is 0.294. The average molecular weight is 291 g/mol. The van der Waals surface area contributed by atoms with Crippen LogP contribution in [-0.2, 0) is 0 Å². The molecule has 0 radical (unpaired) electrons. The van der Waals surface area contributed by atoms with Gasteiger partial charge in [0, 0.05) is 23.8 Å². The first-order valence-corrected chi connectivity index (χ1v) is 6.99. The summed E-state index contributed by atoms with van der Waals surface area (Å²) >= 11 is 0. The fourth-order valence-electron chi connectivity index (χ4n) is 2.33. The third-order valence-corrected chi connectivity index (χ3v) is 3.45. The number of nitrogens with one attached hydrogen (secondary N) is 1. The van der Waals surface area contributed by atoms with Gasteiger partial charge in [-0.1, -0.05) is 36.4 Å². The number of rotatable bonds is 6. The van der Waals surface area contributed by atoms with Crippen LogP contribution in [0.3, 0.4) is 0 Å². The minimum absolute atomic E-state index is 0.0232. The second-order valence-corrected chi connectivity index (χ2v) is 5.06. The minimum Gasteiger partial charge on any atom is -0.396 e. The van der Waals surface area contributed by atoms with Gasteiger partial charge in [-0.05, 0) is 25.5 Å². The molecule has 0 bridgehead atoms. The predicted octanol–water partition coefficient (Wildman–Crippen LogP) is 3.41. The van der Waals surface area contributed by atoms with Crippen LogP contribution in [0, 0.1) is 11.6 Å². The van der Waals surface area contributed by atoms with Crippen molar-refractivity contribution in [3.05, 3.63) is 71.3 Å². The van der Waals surface area contributed by atoms with E-state index in [-0.39, 0.29) is 24.3 Å². The molecule has 0 aliphatic carbocycles. The quantitative estimate of drug-likeness (QED) is 0.855. The van der Waals surface area contributed by atoms with Gasteiger partial charge in [0.05, 0.1) is 6.04 Å². The van der Waals surface area contributed by atoms with Crippen LogP contribution in [-0.4, -0.2) is 17.8 Å². The number of hydrogen-bond donors (Lipinski definition) is 2. The molecule has 1 unspecified atom stereocenters. The van der Waals surface area contributed by atoms with Crippen LogP contribution < -0.4 is 5.32 Å². The maximum Gasteiger partial charge on any atom is 0.128 e. The lowest BCUT2D eigenvalue weighted by atomic mass is 9.96. The van der Waals surface area contributed by atoms with E-state index in [0.29, 0.717) is 17.5 Å². The van der Waals surface area contributed by atoms with Gasteiger partial charge in [-0.15, -0.1) is 0 Å². The highest BCUT2D eigenvalue weighted by molar-refractivity contribution is 5.33. The highest BCUT2D eigenvalue weighted by Crippen LogP contribution is 2.27. The smallest absolute Gasteiger partial charge is 0.128 e. The van der Waals surface area contributed by atoms with Gasteiger partial charge in [0.2, 0.25) is 0 Å². The van der Waals surface area contributed by atoms with E-state index in [4.69, 9.17) is 5.11 Å². The molecule has 2 rings (SSSR count). The summed E-state index contributed by atoms with van der Waals surface area (Å²) in [5.41, 5.74) is 0.791. The molecule has 0 spiro atoms. The van der Waals surface area contributed by atoms with Crippen LogP contribution in [0.1, 0.15) is 30.5 Å². The topological polar surface area (TPSA) is 32.3 Å². The molecular weight excluding hydrogens is 272 g/mol. The van der Waals surface area contributed by atoms with Crippen molar-refractivity contribution in [2.24, 2.45) is 0 Å². The number of aliphatic hydroxyl groups is 1. The van der Waals surface area contributed by atoms with E-state index in [1.54, 1.807) is 36.4 Å². The van der Waals surface area contributed by atoms with Crippen LogP contribution in [0.2, 0.25) is 0 Å². The number of benzene rings is 2. The summed E-state index contributed by atoms with van der Waals surface area (Å²) in [6, 6.07) is 12.0. The van der Waals surface area contributed by atoms with Crippen LogP contribution >= 0.6 is 0 Å². The first kappa shape index (κ1) is 15.6. The van der Waals surface area contributed by atoms with E-state index in [1.165, 1.54) is 12.1 Å². The van der Waals surface area contributed by atoms with Gasteiger partial charge in [0.25, 0.3) is 0 Å². The Morgan fingerprint density at radius 1 is 0.952 bits per heavy atom. The van der Waals surface area contributed by atoms with E-state index < -0.39 is 6.04 Å². The van der Waals surface area contributed by atoms with Crippen molar-refractivity contribution in [3.8, 4) is 0 Å². The molecule has 0 aliphatic heterocycles. The van der Waals surface area contributed by atoms with E-state index in [1.807, 2.05) is 6.92 Å². The van der Waals surface area contributed by atoms with Crippen molar-refractivity contribution in [3.63, 3.8) is 0 Å². The third kappa shape index (κ3) is 3.86. The molecular formula is C17H19F2NO. The summed E-state index contributed by atoms with van der Waals surface area (Å²) in [5, 5.41) is 12.2. The molecule has 21 heavy (non-hydrogen) atoms. The lowest BCUT2D eigenvalue weighted by Gasteiger charge is -2.24. The van der Waals surface area contributed by atoms with Crippen LogP contribution in [0.25, 0.3) is 0 Å². The number of aliphatic hydroxyl groups excluding tert-OH is 1. The number of halogens is 2. The van der Waals surface area contributed by atoms with Crippen molar-refractivity contribution in [1.29, 1.82) is 0 Å². The van der Waals surface area contributed by atoms with E-state index in [9.17, 15) is 8.78 Å². The zero-order chi connectivity index (χ0) is 15.2. The standard InChI is InChI=1S/C17H19F2NO/c1-12(10-11-21)20-17(13-6-2-4-8-15(13)18)14-7-3-5-9-16(14)19/h2-9,12,17,20-21H,10-11H2,1H3. The Labute approximate surface area is 123 Å². The lowest BCUT2D eigenvalue weighted by Crippen LogP contribution is -2.33. The average Bonchev–Trinajstić information content (AvgIpc) is 2.47. The van der Waals surface area contributed by atoms with Crippen molar-refractivity contribution in [2.75, 3.05) is 6.61 Å². The molecule has 0 saturated heterocycles. The fourth-order valence-corrected chi connectivity index (χ4v) is 2.33. The molecule has 0 aromatic heterocycles. The Balaban J connectivity index is 2.40. The zero-order valence-electron chi connectivity index (χ0n) is 11.9. The Bertz CT molecular complexity index is 543. The van der Waals surface area contributed by atoms with Crippen molar-refractivity contribution in [1.82, 2.24) is 5.32 Å². The van der Waals surface area contributed by atoms with E-state index in [2.05, 4.69) is 5.32 Å². The van der Waals surface area contributed by atoms with Crippen molar-refractivity contribution in [2.45, 2.75) is 25.4 Å². The van der Waals surface area contributed by atoms with Crippen molar-refractivity contribution >= 4 is 0 Å². The highest BCUT2D eigenvalue weighted by Gasteiger charge is 2.22. The Morgan fingerprint density at radius 3 is 1.86 bits per heavy atom. The SMILES string of the molecule is CC(CCO)NC(c1ccccc1F)c1ccccc1F. The summed E-state index contributed by atoms with van der Waals surface area (Å²) in [4.78, 5) is 0. The molecule has 2 aromatic rings. The normalized spacial score (nSPS) is 12.6. The molecule has 0 fully saturated rings. The van der Waals surface area contributed by atoms with Crippen LogP contribution in [0.5, 0.6) is 0 Å².